The van der Waals surface area contributed by atoms with Crippen LogP contribution >= 0.6 is 0 Å². The summed E-state index contributed by atoms with van der Waals surface area (Å²) >= 11 is 0. The highest BCUT2D eigenvalue weighted by Gasteiger charge is 2.32. The van der Waals surface area contributed by atoms with Gasteiger partial charge in [-0.1, -0.05) is 29.8 Å². The van der Waals surface area contributed by atoms with Crippen LogP contribution in [0.25, 0.3) is 0 Å². The lowest BCUT2D eigenvalue weighted by Crippen LogP contribution is -2.34. The quantitative estimate of drug-likeness (QED) is 0.729. The van der Waals surface area contributed by atoms with Gasteiger partial charge in [0.05, 0.1) is 17.5 Å². The third kappa shape index (κ3) is 4.95. The number of anilines is 1. The molecule has 0 bridgehead atoms. The maximum atomic E-state index is 12.3. The molecule has 1 aliphatic rings. The summed E-state index contributed by atoms with van der Waals surface area (Å²) in [4.78, 5) is 24.2. The van der Waals surface area contributed by atoms with Crippen molar-refractivity contribution in [3.8, 4) is 0 Å². The summed E-state index contributed by atoms with van der Waals surface area (Å²) in [6.45, 7) is 3.78. The molecule has 1 heterocycles. The number of aryl methyl sites for hydroxylation is 1. The van der Waals surface area contributed by atoms with E-state index in [0.717, 1.165) is 22.9 Å². The molecule has 154 valence electrons. The van der Waals surface area contributed by atoms with Gasteiger partial charge >= 0.3 is 5.97 Å². The van der Waals surface area contributed by atoms with E-state index in [1.54, 1.807) is 12.1 Å². The maximum Gasteiger partial charge on any atom is 0.338 e. The van der Waals surface area contributed by atoms with Crippen LogP contribution in [0.3, 0.4) is 0 Å². The Morgan fingerprint density at radius 1 is 1.17 bits per heavy atom. The summed E-state index contributed by atoms with van der Waals surface area (Å²) in [5.41, 5.74) is 3.72. The molecule has 0 radical (unpaired) electrons. The molecular weight excluding hydrogens is 392 g/mol. The van der Waals surface area contributed by atoms with Crippen molar-refractivity contribution < 1.29 is 22.7 Å². The van der Waals surface area contributed by atoms with Crippen molar-refractivity contribution in [2.45, 2.75) is 32.9 Å². The normalized spacial score (nSPS) is 15.7. The Bertz CT molecular complexity index is 1030. The SMILES string of the molecule is Cc1ccc(CNC(=O)COC(=O)c2ccc3c(c2)CC(C)N3S(C)(=O)=O)cc1. The van der Waals surface area contributed by atoms with Gasteiger partial charge in [0, 0.05) is 12.6 Å². The first kappa shape index (κ1) is 20.9. The van der Waals surface area contributed by atoms with Gasteiger partial charge in [0.2, 0.25) is 10.0 Å². The van der Waals surface area contributed by atoms with E-state index < -0.39 is 21.9 Å². The Labute approximate surface area is 170 Å². The predicted octanol–water partition coefficient (Wildman–Crippen LogP) is 2.18. The minimum absolute atomic E-state index is 0.209. The predicted molar refractivity (Wildman–Crippen MR) is 110 cm³/mol. The van der Waals surface area contributed by atoms with E-state index in [0.29, 0.717) is 18.7 Å². The van der Waals surface area contributed by atoms with Crippen molar-refractivity contribution in [3.63, 3.8) is 0 Å². The molecule has 0 spiro atoms. The molecule has 1 unspecified atom stereocenters. The summed E-state index contributed by atoms with van der Waals surface area (Å²) < 4.78 is 30.4. The van der Waals surface area contributed by atoms with Crippen LogP contribution in [0.15, 0.2) is 42.5 Å². The van der Waals surface area contributed by atoms with Gasteiger partial charge in [-0.2, -0.15) is 0 Å². The van der Waals surface area contributed by atoms with Crippen LogP contribution in [0.1, 0.15) is 34.0 Å². The van der Waals surface area contributed by atoms with E-state index >= 15 is 0 Å². The number of esters is 1. The average Bonchev–Trinajstić information content (AvgIpc) is 3.00. The lowest BCUT2D eigenvalue weighted by molar-refractivity contribution is -0.124. The first-order chi connectivity index (χ1) is 13.6. The van der Waals surface area contributed by atoms with Crippen molar-refractivity contribution >= 4 is 27.6 Å². The van der Waals surface area contributed by atoms with Crippen LogP contribution in [0.4, 0.5) is 5.69 Å². The van der Waals surface area contributed by atoms with Gasteiger partial charge in [-0.3, -0.25) is 9.10 Å². The molecule has 1 atom stereocenters. The molecule has 0 aromatic heterocycles. The van der Waals surface area contributed by atoms with Gasteiger partial charge in [-0.25, -0.2) is 13.2 Å². The number of sulfonamides is 1. The minimum Gasteiger partial charge on any atom is -0.452 e. The smallest absolute Gasteiger partial charge is 0.338 e. The topological polar surface area (TPSA) is 92.8 Å². The zero-order valence-corrected chi connectivity index (χ0v) is 17.5. The molecular formula is C21H24N2O5S. The van der Waals surface area contributed by atoms with Gasteiger partial charge in [0.15, 0.2) is 6.61 Å². The molecule has 0 fully saturated rings. The number of amides is 1. The fourth-order valence-electron chi connectivity index (χ4n) is 3.41. The molecule has 1 aliphatic heterocycles. The second-order valence-corrected chi connectivity index (χ2v) is 9.15. The third-order valence-electron chi connectivity index (χ3n) is 4.77. The first-order valence-electron chi connectivity index (χ1n) is 9.27. The highest BCUT2D eigenvalue weighted by Crippen LogP contribution is 2.34. The van der Waals surface area contributed by atoms with Crippen molar-refractivity contribution in [1.82, 2.24) is 5.32 Å². The number of carbonyl (C=O) groups excluding carboxylic acids is 2. The lowest BCUT2D eigenvalue weighted by atomic mass is 10.1. The fourth-order valence-corrected chi connectivity index (χ4v) is 4.67. The van der Waals surface area contributed by atoms with Crippen molar-refractivity contribution in [1.29, 1.82) is 0 Å². The number of benzene rings is 2. The van der Waals surface area contributed by atoms with Crippen molar-refractivity contribution in [2.24, 2.45) is 0 Å². The van der Waals surface area contributed by atoms with Crippen LogP contribution in [0, 0.1) is 6.92 Å². The first-order valence-corrected chi connectivity index (χ1v) is 11.1. The number of nitrogens with zero attached hydrogens (tertiary/aromatic N) is 1. The van der Waals surface area contributed by atoms with Crippen molar-refractivity contribution in [2.75, 3.05) is 17.2 Å². The zero-order valence-electron chi connectivity index (χ0n) is 16.6. The number of rotatable bonds is 6. The van der Waals surface area contributed by atoms with E-state index in [1.165, 1.54) is 10.4 Å². The molecule has 2 aromatic carbocycles. The number of hydrogen-bond donors (Lipinski definition) is 1. The molecule has 1 amide bonds. The number of carbonyl (C=O) groups is 2. The third-order valence-corrected chi connectivity index (χ3v) is 6.04. The number of hydrogen-bond acceptors (Lipinski definition) is 5. The van der Waals surface area contributed by atoms with Gasteiger partial charge < -0.3 is 10.1 Å². The van der Waals surface area contributed by atoms with Gasteiger partial charge in [0.1, 0.15) is 0 Å². The van der Waals surface area contributed by atoms with Crippen LogP contribution in [0.5, 0.6) is 0 Å². The number of ether oxygens (including phenoxy) is 1. The highest BCUT2D eigenvalue weighted by atomic mass is 32.2. The van der Waals surface area contributed by atoms with E-state index in [1.807, 2.05) is 38.1 Å². The largest absolute Gasteiger partial charge is 0.452 e. The van der Waals surface area contributed by atoms with Crippen LogP contribution < -0.4 is 9.62 Å². The molecule has 1 N–H and O–H groups in total. The Morgan fingerprint density at radius 2 is 1.86 bits per heavy atom. The second kappa shape index (κ2) is 8.24. The number of fused-ring (bicyclic) bond motifs is 1. The van der Waals surface area contributed by atoms with Crippen molar-refractivity contribution in [3.05, 3.63) is 64.7 Å². The minimum atomic E-state index is -3.39. The van der Waals surface area contributed by atoms with E-state index in [4.69, 9.17) is 4.74 Å². The highest BCUT2D eigenvalue weighted by molar-refractivity contribution is 7.92. The van der Waals surface area contributed by atoms with E-state index in [2.05, 4.69) is 5.32 Å². The number of nitrogens with one attached hydrogen (secondary N) is 1. The van der Waals surface area contributed by atoms with Gasteiger partial charge in [-0.15, -0.1) is 0 Å². The summed E-state index contributed by atoms with van der Waals surface area (Å²) in [7, 11) is -3.39. The Morgan fingerprint density at radius 3 is 2.52 bits per heavy atom. The summed E-state index contributed by atoms with van der Waals surface area (Å²) in [5, 5.41) is 2.71. The molecule has 7 nitrogen and oxygen atoms in total. The van der Waals surface area contributed by atoms with Gasteiger partial charge in [-0.05, 0) is 49.6 Å². The zero-order chi connectivity index (χ0) is 21.2. The van der Waals surface area contributed by atoms with Gasteiger partial charge in [0.25, 0.3) is 5.91 Å². The average molecular weight is 416 g/mol. The summed E-state index contributed by atoms with van der Waals surface area (Å²) in [5.74, 6) is -1.01. The standard InChI is InChI=1S/C21H24N2O5S/c1-14-4-6-16(7-5-14)12-22-20(24)13-28-21(25)17-8-9-19-18(11-17)10-15(2)23(19)29(3,26)27/h4-9,11,15H,10,12-13H2,1-3H3,(H,22,24). The molecule has 3 rings (SSSR count). The Balaban J connectivity index is 1.57. The lowest BCUT2D eigenvalue weighted by Gasteiger charge is -2.21. The van der Waals surface area contributed by atoms with E-state index in [9.17, 15) is 18.0 Å². The Hall–Kier alpha value is -2.87. The monoisotopic (exact) mass is 416 g/mol. The van der Waals surface area contributed by atoms with E-state index in [-0.39, 0.29) is 18.2 Å². The molecule has 0 saturated heterocycles. The second-order valence-electron chi connectivity index (χ2n) is 7.29. The molecule has 29 heavy (non-hydrogen) atoms. The summed E-state index contributed by atoms with van der Waals surface area (Å²) in [6, 6.07) is 12.3. The fraction of sp³-hybridized carbons (Fsp3) is 0.333. The maximum absolute atomic E-state index is 12.3. The molecule has 2 aromatic rings. The molecule has 0 aliphatic carbocycles. The van der Waals surface area contributed by atoms with Crippen LogP contribution in [0.2, 0.25) is 0 Å². The molecule has 8 heteroatoms. The van der Waals surface area contributed by atoms with Crippen LogP contribution in [-0.4, -0.2) is 39.2 Å². The summed E-state index contributed by atoms with van der Waals surface area (Å²) in [6.07, 6.45) is 1.68. The van der Waals surface area contributed by atoms with Crippen LogP contribution in [-0.2, 0) is 32.5 Å². The molecule has 0 saturated carbocycles. The Kier molecular flexibility index (Phi) is 5.93.